The summed E-state index contributed by atoms with van der Waals surface area (Å²) in [5, 5.41) is 12.8. The van der Waals surface area contributed by atoms with Gasteiger partial charge in [-0.2, -0.15) is 0 Å². The van der Waals surface area contributed by atoms with Crippen LogP contribution in [0.5, 0.6) is 0 Å². The molecule has 1 amide bonds. The quantitative estimate of drug-likeness (QED) is 0.519. The standard InChI is InChI=1S/C27H34N2O5/c1-3-10-23(19(2)30)24(15-20-11-6-4-7-12-20)29-17-22(16-25(29)26(31)32)28-27(33)34-18-21-13-8-5-9-14-21/h4-9,11-14,22-25H,3,10,15-18H2,1-2H3,(H,28,33)(H,31,32)/t22-,23+,24-,25?/m1/s1. The number of hydrogen-bond acceptors (Lipinski definition) is 5. The first-order valence-corrected chi connectivity index (χ1v) is 11.9. The van der Waals surface area contributed by atoms with Crippen molar-refractivity contribution in [3.05, 3.63) is 71.8 Å². The highest BCUT2D eigenvalue weighted by atomic mass is 16.5. The zero-order valence-electron chi connectivity index (χ0n) is 19.9. The molecule has 4 atom stereocenters. The molecular weight excluding hydrogens is 432 g/mol. The molecule has 0 aliphatic carbocycles. The number of aliphatic carboxylic acids is 1. The van der Waals surface area contributed by atoms with Crippen LogP contribution in [0.15, 0.2) is 60.7 Å². The number of carbonyl (C=O) groups is 3. The third kappa shape index (κ3) is 6.90. The van der Waals surface area contributed by atoms with Crippen LogP contribution in [0.2, 0.25) is 0 Å². The van der Waals surface area contributed by atoms with E-state index >= 15 is 0 Å². The number of rotatable bonds is 11. The number of amides is 1. The minimum atomic E-state index is -0.946. The van der Waals surface area contributed by atoms with Gasteiger partial charge in [-0.15, -0.1) is 0 Å². The second-order valence-corrected chi connectivity index (χ2v) is 8.95. The predicted octanol–water partition coefficient (Wildman–Crippen LogP) is 4.06. The predicted molar refractivity (Wildman–Crippen MR) is 129 cm³/mol. The lowest BCUT2D eigenvalue weighted by atomic mass is 9.85. The Balaban J connectivity index is 1.75. The molecule has 0 radical (unpaired) electrons. The first-order valence-electron chi connectivity index (χ1n) is 11.9. The van der Waals surface area contributed by atoms with Crippen molar-refractivity contribution >= 4 is 17.8 Å². The molecule has 1 unspecified atom stereocenters. The van der Waals surface area contributed by atoms with Crippen LogP contribution >= 0.6 is 0 Å². The summed E-state index contributed by atoms with van der Waals surface area (Å²) in [5.41, 5.74) is 1.93. The van der Waals surface area contributed by atoms with Gasteiger partial charge in [-0.1, -0.05) is 74.0 Å². The van der Waals surface area contributed by atoms with Crippen LogP contribution in [0, 0.1) is 5.92 Å². The Morgan fingerprint density at radius 3 is 2.24 bits per heavy atom. The van der Waals surface area contributed by atoms with Gasteiger partial charge >= 0.3 is 12.1 Å². The van der Waals surface area contributed by atoms with Crippen molar-refractivity contribution in [1.82, 2.24) is 10.2 Å². The van der Waals surface area contributed by atoms with Gasteiger partial charge in [0, 0.05) is 24.5 Å². The third-order valence-electron chi connectivity index (χ3n) is 6.46. The molecule has 7 nitrogen and oxygen atoms in total. The average Bonchev–Trinajstić information content (AvgIpc) is 3.25. The number of nitrogens with zero attached hydrogens (tertiary/aromatic N) is 1. The summed E-state index contributed by atoms with van der Waals surface area (Å²) in [5.74, 6) is -1.17. The van der Waals surface area contributed by atoms with E-state index in [4.69, 9.17) is 4.74 Å². The monoisotopic (exact) mass is 466 g/mol. The van der Waals surface area contributed by atoms with E-state index in [9.17, 15) is 19.5 Å². The number of carboxylic acids is 1. The lowest BCUT2D eigenvalue weighted by Crippen LogP contribution is -2.50. The summed E-state index contributed by atoms with van der Waals surface area (Å²) >= 11 is 0. The van der Waals surface area contributed by atoms with Crippen molar-refractivity contribution in [1.29, 1.82) is 0 Å². The Morgan fingerprint density at radius 2 is 1.68 bits per heavy atom. The molecule has 1 saturated heterocycles. The number of likely N-dealkylation sites (tertiary alicyclic amines) is 1. The lowest BCUT2D eigenvalue weighted by molar-refractivity contribution is -0.144. The lowest BCUT2D eigenvalue weighted by Gasteiger charge is -2.36. The fourth-order valence-electron chi connectivity index (χ4n) is 4.83. The normalized spacial score (nSPS) is 19.8. The summed E-state index contributed by atoms with van der Waals surface area (Å²) < 4.78 is 5.33. The van der Waals surface area contributed by atoms with Gasteiger partial charge < -0.3 is 15.2 Å². The largest absolute Gasteiger partial charge is 0.480 e. The molecule has 2 N–H and O–H groups in total. The highest BCUT2D eigenvalue weighted by Gasteiger charge is 2.44. The van der Waals surface area contributed by atoms with Crippen LogP contribution in [0.25, 0.3) is 0 Å². The van der Waals surface area contributed by atoms with E-state index in [-0.39, 0.29) is 36.8 Å². The smallest absolute Gasteiger partial charge is 0.407 e. The van der Waals surface area contributed by atoms with E-state index in [0.29, 0.717) is 19.4 Å². The Kier molecular flexibility index (Phi) is 9.22. The number of ketones is 1. The molecule has 1 fully saturated rings. The number of ether oxygens (including phenoxy) is 1. The summed E-state index contributed by atoms with van der Waals surface area (Å²) in [7, 11) is 0. The molecule has 0 aromatic heterocycles. The molecule has 1 aliphatic rings. The van der Waals surface area contributed by atoms with Gasteiger partial charge in [0.15, 0.2) is 0 Å². The number of alkyl carbamates (subject to hydrolysis) is 1. The molecule has 182 valence electrons. The fourth-order valence-corrected chi connectivity index (χ4v) is 4.83. The Labute approximate surface area is 201 Å². The van der Waals surface area contributed by atoms with Crippen LogP contribution in [0.4, 0.5) is 4.79 Å². The molecular formula is C27H34N2O5. The summed E-state index contributed by atoms with van der Waals surface area (Å²) in [4.78, 5) is 39.1. The molecule has 0 saturated carbocycles. The number of carbonyl (C=O) groups excluding carboxylic acids is 2. The molecule has 1 heterocycles. The van der Waals surface area contributed by atoms with Crippen LogP contribution in [0.1, 0.15) is 44.2 Å². The highest BCUT2D eigenvalue weighted by molar-refractivity contribution is 5.79. The first kappa shape index (κ1) is 25.4. The van der Waals surface area contributed by atoms with Gasteiger partial charge in [0.25, 0.3) is 0 Å². The highest BCUT2D eigenvalue weighted by Crippen LogP contribution is 2.30. The summed E-state index contributed by atoms with van der Waals surface area (Å²) in [6.07, 6.45) is 1.77. The SMILES string of the molecule is CCC[C@@H](C(C)=O)[C@@H](Cc1ccccc1)N1C[C@H](NC(=O)OCc2ccccc2)CC1C(=O)O. The minimum absolute atomic E-state index is 0.0607. The van der Waals surface area contributed by atoms with E-state index in [2.05, 4.69) is 5.32 Å². The zero-order valence-corrected chi connectivity index (χ0v) is 19.9. The van der Waals surface area contributed by atoms with E-state index in [0.717, 1.165) is 17.5 Å². The maximum Gasteiger partial charge on any atom is 0.407 e. The van der Waals surface area contributed by atoms with E-state index in [1.165, 1.54) is 0 Å². The van der Waals surface area contributed by atoms with Gasteiger partial charge in [0.05, 0.1) is 0 Å². The van der Waals surface area contributed by atoms with E-state index in [1.807, 2.05) is 72.5 Å². The second kappa shape index (κ2) is 12.3. The van der Waals surface area contributed by atoms with Crippen molar-refractivity contribution < 1.29 is 24.2 Å². The van der Waals surface area contributed by atoms with Crippen LogP contribution in [-0.2, 0) is 27.4 Å². The fraction of sp³-hybridized carbons (Fsp3) is 0.444. The van der Waals surface area contributed by atoms with Crippen molar-refractivity contribution in [2.24, 2.45) is 5.92 Å². The van der Waals surface area contributed by atoms with Crippen molar-refractivity contribution in [2.45, 2.75) is 64.3 Å². The number of nitrogens with one attached hydrogen (secondary N) is 1. The molecule has 1 aliphatic heterocycles. The number of benzene rings is 2. The molecule has 0 bridgehead atoms. The molecule has 2 aromatic rings. The molecule has 3 rings (SSSR count). The molecule has 7 heteroatoms. The van der Waals surface area contributed by atoms with E-state index < -0.39 is 18.1 Å². The Bertz CT molecular complexity index is 950. The Morgan fingerprint density at radius 1 is 1.06 bits per heavy atom. The first-order chi connectivity index (χ1) is 16.4. The maximum atomic E-state index is 12.6. The Hall–Kier alpha value is -3.19. The zero-order chi connectivity index (χ0) is 24.5. The minimum Gasteiger partial charge on any atom is -0.480 e. The van der Waals surface area contributed by atoms with E-state index in [1.54, 1.807) is 6.92 Å². The van der Waals surface area contributed by atoms with Gasteiger partial charge in [-0.25, -0.2) is 4.79 Å². The molecule has 0 spiro atoms. The van der Waals surface area contributed by atoms with Gasteiger partial charge in [-0.05, 0) is 37.3 Å². The molecule has 2 aromatic carbocycles. The second-order valence-electron chi connectivity index (χ2n) is 8.95. The van der Waals surface area contributed by atoms with Gasteiger partial charge in [-0.3, -0.25) is 14.5 Å². The number of carboxylic acid groups (broad SMARTS) is 1. The van der Waals surface area contributed by atoms with Crippen molar-refractivity contribution in [3.63, 3.8) is 0 Å². The maximum absolute atomic E-state index is 12.6. The molecule has 34 heavy (non-hydrogen) atoms. The van der Waals surface area contributed by atoms with Crippen LogP contribution < -0.4 is 5.32 Å². The van der Waals surface area contributed by atoms with Crippen molar-refractivity contribution in [3.8, 4) is 0 Å². The van der Waals surface area contributed by atoms with Crippen LogP contribution in [0.3, 0.4) is 0 Å². The summed E-state index contributed by atoms with van der Waals surface area (Å²) in [6.45, 7) is 4.11. The van der Waals surface area contributed by atoms with Gasteiger partial charge in [0.2, 0.25) is 0 Å². The third-order valence-corrected chi connectivity index (χ3v) is 6.46. The van der Waals surface area contributed by atoms with Gasteiger partial charge in [0.1, 0.15) is 18.4 Å². The van der Waals surface area contributed by atoms with Crippen LogP contribution in [-0.4, -0.2) is 52.5 Å². The summed E-state index contributed by atoms with van der Waals surface area (Å²) in [6, 6.07) is 17.8. The topological polar surface area (TPSA) is 95.9 Å². The number of Topliss-reactive ketones (excluding diaryl/α,β-unsaturated/α-hetero) is 1. The number of hydrogen-bond donors (Lipinski definition) is 2. The van der Waals surface area contributed by atoms with Crippen molar-refractivity contribution in [2.75, 3.05) is 6.54 Å². The average molecular weight is 467 g/mol.